The minimum absolute atomic E-state index is 0.286. The van der Waals surface area contributed by atoms with Crippen LogP contribution in [0.1, 0.15) is 33.1 Å². The quantitative estimate of drug-likeness (QED) is 0.752. The standard InChI is InChI=1S/C9H20N2O2S/c1-3-9(4-2,8-10)11-6-5-7-14(11,12)13/h3-8,10H2,1-2H3. The summed E-state index contributed by atoms with van der Waals surface area (Å²) < 4.78 is 25.1. The van der Waals surface area contributed by atoms with Gasteiger partial charge in [0.15, 0.2) is 0 Å². The average molecular weight is 220 g/mol. The number of nitrogens with zero attached hydrogens (tertiary/aromatic N) is 1. The molecule has 1 aliphatic heterocycles. The number of hydrogen-bond donors (Lipinski definition) is 1. The molecule has 1 rings (SSSR count). The van der Waals surface area contributed by atoms with Crippen LogP contribution in [0.4, 0.5) is 0 Å². The van der Waals surface area contributed by atoms with Gasteiger partial charge in [0.2, 0.25) is 10.0 Å². The Morgan fingerprint density at radius 1 is 1.36 bits per heavy atom. The molecule has 0 spiro atoms. The fraction of sp³-hybridized carbons (Fsp3) is 1.00. The van der Waals surface area contributed by atoms with Crippen LogP contribution in [0, 0.1) is 0 Å². The van der Waals surface area contributed by atoms with Crippen molar-refractivity contribution in [2.75, 3.05) is 18.8 Å². The summed E-state index contributed by atoms with van der Waals surface area (Å²) in [6.07, 6.45) is 2.32. The third kappa shape index (κ3) is 1.81. The Labute approximate surface area is 86.5 Å². The van der Waals surface area contributed by atoms with E-state index in [1.807, 2.05) is 13.8 Å². The topological polar surface area (TPSA) is 63.4 Å². The fourth-order valence-electron chi connectivity index (χ4n) is 2.17. The lowest BCUT2D eigenvalue weighted by Crippen LogP contribution is -2.53. The second-order valence-corrected chi connectivity index (χ2v) is 5.89. The van der Waals surface area contributed by atoms with Crippen molar-refractivity contribution in [3.8, 4) is 0 Å². The Balaban J connectivity index is 3.00. The molecule has 0 atom stereocenters. The first kappa shape index (κ1) is 11.9. The maximum atomic E-state index is 11.8. The highest BCUT2D eigenvalue weighted by molar-refractivity contribution is 7.89. The second-order valence-electron chi connectivity index (χ2n) is 3.88. The molecule has 0 unspecified atom stereocenters. The Morgan fingerprint density at radius 3 is 2.21 bits per heavy atom. The molecule has 0 bridgehead atoms. The van der Waals surface area contributed by atoms with Crippen LogP contribution in [-0.4, -0.2) is 37.1 Å². The summed E-state index contributed by atoms with van der Waals surface area (Å²) in [4.78, 5) is 0. The predicted molar refractivity (Wildman–Crippen MR) is 57.5 cm³/mol. The Hall–Kier alpha value is -0.130. The molecule has 1 heterocycles. The molecule has 1 aliphatic rings. The Morgan fingerprint density at radius 2 is 1.93 bits per heavy atom. The van der Waals surface area contributed by atoms with Crippen LogP contribution < -0.4 is 5.73 Å². The van der Waals surface area contributed by atoms with E-state index in [0.29, 0.717) is 13.1 Å². The van der Waals surface area contributed by atoms with Crippen LogP contribution in [0.15, 0.2) is 0 Å². The van der Waals surface area contributed by atoms with Gasteiger partial charge < -0.3 is 5.73 Å². The van der Waals surface area contributed by atoms with Gasteiger partial charge in [-0.25, -0.2) is 8.42 Å². The molecule has 0 aromatic rings. The summed E-state index contributed by atoms with van der Waals surface area (Å²) in [6.45, 7) is 5.06. The van der Waals surface area contributed by atoms with Gasteiger partial charge in [-0.3, -0.25) is 0 Å². The van der Waals surface area contributed by atoms with E-state index in [1.165, 1.54) is 0 Å². The summed E-state index contributed by atoms with van der Waals surface area (Å²) in [5.74, 6) is 0.286. The van der Waals surface area contributed by atoms with E-state index in [2.05, 4.69) is 0 Å². The van der Waals surface area contributed by atoms with E-state index in [4.69, 9.17) is 5.73 Å². The zero-order chi connectivity index (χ0) is 10.8. The van der Waals surface area contributed by atoms with Crippen molar-refractivity contribution in [3.63, 3.8) is 0 Å². The predicted octanol–water partition coefficient (Wildman–Crippen LogP) is 0.539. The SMILES string of the molecule is CCC(CC)(CN)N1CCCS1(=O)=O. The van der Waals surface area contributed by atoms with Gasteiger partial charge in [0, 0.05) is 18.6 Å². The maximum Gasteiger partial charge on any atom is 0.214 e. The lowest BCUT2D eigenvalue weighted by atomic mass is 9.93. The first-order valence-corrected chi connectivity index (χ1v) is 6.84. The van der Waals surface area contributed by atoms with Gasteiger partial charge in [-0.15, -0.1) is 0 Å². The normalized spacial score (nSPS) is 22.8. The molecule has 4 nitrogen and oxygen atoms in total. The molecule has 0 aliphatic carbocycles. The summed E-state index contributed by atoms with van der Waals surface area (Å²) in [6, 6.07) is 0. The van der Waals surface area contributed by atoms with Gasteiger partial charge in [-0.05, 0) is 19.3 Å². The monoisotopic (exact) mass is 220 g/mol. The molecule has 0 aromatic carbocycles. The molecular weight excluding hydrogens is 200 g/mol. The lowest BCUT2D eigenvalue weighted by Gasteiger charge is -2.38. The average Bonchev–Trinajstić information content (AvgIpc) is 2.51. The molecule has 0 radical (unpaired) electrons. The minimum Gasteiger partial charge on any atom is -0.329 e. The van der Waals surface area contributed by atoms with E-state index in [1.54, 1.807) is 4.31 Å². The smallest absolute Gasteiger partial charge is 0.214 e. The molecule has 1 fully saturated rings. The molecule has 5 heteroatoms. The van der Waals surface area contributed by atoms with Crippen LogP contribution in [-0.2, 0) is 10.0 Å². The van der Waals surface area contributed by atoms with Crippen molar-refractivity contribution in [1.82, 2.24) is 4.31 Å². The van der Waals surface area contributed by atoms with E-state index in [9.17, 15) is 8.42 Å². The van der Waals surface area contributed by atoms with Crippen LogP contribution in [0.3, 0.4) is 0 Å². The van der Waals surface area contributed by atoms with Crippen molar-refractivity contribution in [3.05, 3.63) is 0 Å². The van der Waals surface area contributed by atoms with Gasteiger partial charge in [-0.1, -0.05) is 13.8 Å². The van der Waals surface area contributed by atoms with Crippen molar-refractivity contribution >= 4 is 10.0 Å². The molecule has 14 heavy (non-hydrogen) atoms. The van der Waals surface area contributed by atoms with Crippen LogP contribution in [0.2, 0.25) is 0 Å². The van der Waals surface area contributed by atoms with Crippen LogP contribution in [0.25, 0.3) is 0 Å². The summed E-state index contributed by atoms with van der Waals surface area (Å²) >= 11 is 0. The van der Waals surface area contributed by atoms with Crippen molar-refractivity contribution < 1.29 is 8.42 Å². The van der Waals surface area contributed by atoms with Crippen LogP contribution >= 0.6 is 0 Å². The van der Waals surface area contributed by atoms with E-state index >= 15 is 0 Å². The molecule has 2 N–H and O–H groups in total. The van der Waals surface area contributed by atoms with Gasteiger partial charge >= 0.3 is 0 Å². The molecular formula is C9H20N2O2S. The third-order valence-corrected chi connectivity index (χ3v) is 5.37. The third-order valence-electron chi connectivity index (χ3n) is 3.32. The Bertz CT molecular complexity index is 275. The molecule has 1 saturated heterocycles. The number of nitrogens with two attached hydrogens (primary N) is 1. The van der Waals surface area contributed by atoms with E-state index in [-0.39, 0.29) is 11.3 Å². The van der Waals surface area contributed by atoms with Crippen molar-refractivity contribution in [2.45, 2.75) is 38.6 Å². The zero-order valence-electron chi connectivity index (χ0n) is 8.99. The maximum absolute atomic E-state index is 11.8. The Kier molecular flexibility index (Phi) is 3.55. The van der Waals surface area contributed by atoms with E-state index < -0.39 is 10.0 Å². The molecule has 0 amide bonds. The van der Waals surface area contributed by atoms with Gasteiger partial charge in [0.05, 0.1) is 5.75 Å². The first-order chi connectivity index (χ1) is 6.52. The lowest BCUT2D eigenvalue weighted by molar-refractivity contribution is 0.190. The highest BCUT2D eigenvalue weighted by Crippen LogP contribution is 2.30. The minimum atomic E-state index is -3.03. The number of rotatable bonds is 4. The highest BCUT2D eigenvalue weighted by Gasteiger charge is 2.42. The number of sulfonamides is 1. The van der Waals surface area contributed by atoms with Gasteiger partial charge in [0.1, 0.15) is 0 Å². The summed E-state index contributed by atoms with van der Waals surface area (Å²) in [5, 5.41) is 0. The summed E-state index contributed by atoms with van der Waals surface area (Å²) in [7, 11) is -3.03. The van der Waals surface area contributed by atoms with Gasteiger partial charge in [0.25, 0.3) is 0 Å². The zero-order valence-corrected chi connectivity index (χ0v) is 9.81. The first-order valence-electron chi connectivity index (χ1n) is 5.23. The highest BCUT2D eigenvalue weighted by atomic mass is 32.2. The van der Waals surface area contributed by atoms with Gasteiger partial charge in [-0.2, -0.15) is 4.31 Å². The molecule has 84 valence electrons. The largest absolute Gasteiger partial charge is 0.329 e. The number of hydrogen-bond acceptors (Lipinski definition) is 3. The van der Waals surface area contributed by atoms with Crippen LogP contribution in [0.5, 0.6) is 0 Å². The van der Waals surface area contributed by atoms with Crippen molar-refractivity contribution in [2.24, 2.45) is 5.73 Å². The van der Waals surface area contributed by atoms with E-state index in [0.717, 1.165) is 19.3 Å². The second kappa shape index (κ2) is 4.16. The van der Waals surface area contributed by atoms with Crippen molar-refractivity contribution in [1.29, 1.82) is 0 Å². The fourth-order valence-corrected chi connectivity index (χ4v) is 4.21. The summed E-state index contributed by atoms with van der Waals surface area (Å²) in [5.41, 5.74) is 5.39. The molecule has 0 saturated carbocycles. The molecule has 0 aromatic heterocycles.